The Hall–Kier alpha value is -3.60. The lowest BCUT2D eigenvalue weighted by Crippen LogP contribution is -2.63. The zero-order chi connectivity index (χ0) is 29.4. The van der Waals surface area contributed by atoms with Crippen LogP contribution >= 0.6 is 0 Å². The molecule has 3 aromatic rings. The van der Waals surface area contributed by atoms with E-state index in [9.17, 15) is 9.59 Å². The number of benzene rings is 3. The van der Waals surface area contributed by atoms with Gasteiger partial charge in [0.15, 0.2) is 24.1 Å². The van der Waals surface area contributed by atoms with Crippen LogP contribution in [0.2, 0.25) is 0 Å². The Balaban J connectivity index is 1.52. The maximum atomic E-state index is 12.3. The summed E-state index contributed by atoms with van der Waals surface area (Å²) in [6.07, 6.45) is -4.56. The van der Waals surface area contributed by atoms with Crippen LogP contribution in [0.5, 0.6) is 0 Å². The largest absolute Gasteiger partial charge is 0.457 e. The van der Waals surface area contributed by atoms with E-state index in [1.54, 1.807) is 0 Å². The number of carbonyl (C=O) groups is 2. The van der Waals surface area contributed by atoms with E-state index in [4.69, 9.17) is 33.2 Å². The molecule has 2 fully saturated rings. The predicted molar refractivity (Wildman–Crippen MR) is 151 cm³/mol. The van der Waals surface area contributed by atoms with E-state index in [1.165, 1.54) is 13.8 Å². The van der Waals surface area contributed by atoms with E-state index < -0.39 is 48.2 Å². The summed E-state index contributed by atoms with van der Waals surface area (Å²) in [4.78, 5) is 24.5. The van der Waals surface area contributed by atoms with E-state index in [0.29, 0.717) is 0 Å². The lowest BCUT2D eigenvalue weighted by atomic mass is 9.85. The molecule has 0 amide bonds. The van der Waals surface area contributed by atoms with Crippen LogP contribution < -0.4 is 0 Å². The van der Waals surface area contributed by atoms with Crippen molar-refractivity contribution in [2.75, 3.05) is 13.2 Å². The lowest BCUT2D eigenvalue weighted by Gasteiger charge is -2.42. The van der Waals surface area contributed by atoms with Gasteiger partial charge in [0.2, 0.25) is 0 Å². The fourth-order valence-corrected chi connectivity index (χ4v) is 5.44. The van der Waals surface area contributed by atoms with Crippen LogP contribution in [-0.2, 0) is 62.6 Å². The summed E-state index contributed by atoms with van der Waals surface area (Å²) in [6.45, 7) is 3.29. The second kappa shape index (κ2) is 14.0. The third-order valence-corrected chi connectivity index (χ3v) is 7.23. The number of hydrogen-bond donors (Lipinski definition) is 0. The number of rotatable bonds is 12. The number of hydrogen-bond acceptors (Lipinski definition) is 9. The minimum Gasteiger partial charge on any atom is -0.457 e. The lowest BCUT2D eigenvalue weighted by molar-refractivity contribution is -0.234. The molecule has 2 aliphatic heterocycles. The van der Waals surface area contributed by atoms with Crippen LogP contribution in [-0.4, -0.2) is 61.5 Å². The van der Waals surface area contributed by atoms with E-state index in [2.05, 4.69) is 0 Å². The highest BCUT2D eigenvalue weighted by Crippen LogP contribution is 2.44. The van der Waals surface area contributed by atoms with Gasteiger partial charge >= 0.3 is 11.9 Å². The molecule has 0 saturated carbocycles. The molecule has 42 heavy (non-hydrogen) atoms. The van der Waals surface area contributed by atoms with E-state index >= 15 is 0 Å². The van der Waals surface area contributed by atoms with Crippen molar-refractivity contribution in [1.82, 2.24) is 0 Å². The van der Waals surface area contributed by atoms with Gasteiger partial charge in [-0.15, -0.1) is 0 Å². The van der Waals surface area contributed by atoms with Crippen molar-refractivity contribution in [2.45, 2.75) is 70.0 Å². The summed E-state index contributed by atoms with van der Waals surface area (Å²) in [5.74, 6) is -1.00. The summed E-state index contributed by atoms with van der Waals surface area (Å²) in [5, 5.41) is 0. The van der Waals surface area contributed by atoms with Crippen LogP contribution in [0, 0.1) is 0 Å². The molecule has 6 atom stereocenters. The minimum atomic E-state index is -1.38. The summed E-state index contributed by atoms with van der Waals surface area (Å²) < 4.78 is 43.6. The van der Waals surface area contributed by atoms with Crippen LogP contribution in [0.15, 0.2) is 91.0 Å². The first kappa shape index (κ1) is 29.9. The molecule has 2 heterocycles. The zero-order valence-corrected chi connectivity index (χ0v) is 23.8. The fourth-order valence-electron chi connectivity index (χ4n) is 5.44. The summed E-state index contributed by atoms with van der Waals surface area (Å²) in [6, 6.07) is 29.0. The average molecular weight is 577 g/mol. The third kappa shape index (κ3) is 7.24. The van der Waals surface area contributed by atoms with Crippen molar-refractivity contribution < 1.29 is 42.7 Å². The molecule has 3 aromatic carbocycles. The van der Waals surface area contributed by atoms with Gasteiger partial charge in [0, 0.05) is 13.8 Å². The van der Waals surface area contributed by atoms with E-state index in [1.807, 2.05) is 91.0 Å². The molecule has 0 spiro atoms. The first-order valence-electron chi connectivity index (χ1n) is 14.0. The van der Waals surface area contributed by atoms with Gasteiger partial charge in [-0.2, -0.15) is 0 Å². The van der Waals surface area contributed by atoms with Gasteiger partial charge in [-0.25, -0.2) is 0 Å². The number of ether oxygens (including phenoxy) is 7. The predicted octanol–water partition coefficient (Wildman–Crippen LogP) is 4.36. The summed E-state index contributed by atoms with van der Waals surface area (Å²) in [7, 11) is 0. The Morgan fingerprint density at radius 3 is 1.74 bits per heavy atom. The van der Waals surface area contributed by atoms with Crippen molar-refractivity contribution in [2.24, 2.45) is 0 Å². The maximum absolute atomic E-state index is 12.3. The van der Waals surface area contributed by atoms with E-state index in [-0.39, 0.29) is 33.0 Å². The third-order valence-electron chi connectivity index (χ3n) is 7.23. The first-order valence-corrected chi connectivity index (χ1v) is 14.0. The first-order chi connectivity index (χ1) is 20.4. The smallest absolute Gasteiger partial charge is 0.303 e. The standard InChI is InChI=1S/C33H36O9/c1-23(34)40-28-21-39-32-29(41-24(2)35)31(38-20-27-16-10-5-11-17-27)33(42-32,22-36-18-25-12-6-3-7-13-25)30(28)37-19-26-14-8-4-9-15-26/h3-17,28-32H,18-22H2,1-2H3/t28-,29-,30-,31-,32+,33+/m1/s1. The topological polar surface area (TPSA) is 98.8 Å². The van der Waals surface area contributed by atoms with Crippen molar-refractivity contribution in [1.29, 1.82) is 0 Å². The Kier molecular flexibility index (Phi) is 9.99. The summed E-state index contributed by atoms with van der Waals surface area (Å²) >= 11 is 0. The van der Waals surface area contributed by atoms with Gasteiger partial charge in [0.05, 0.1) is 33.0 Å². The van der Waals surface area contributed by atoms with Gasteiger partial charge in [0.1, 0.15) is 12.2 Å². The Morgan fingerprint density at radius 2 is 1.21 bits per heavy atom. The number of esters is 2. The maximum Gasteiger partial charge on any atom is 0.303 e. The van der Waals surface area contributed by atoms with Gasteiger partial charge in [-0.05, 0) is 16.7 Å². The molecule has 2 bridgehead atoms. The van der Waals surface area contributed by atoms with Crippen molar-refractivity contribution in [3.8, 4) is 0 Å². The SMILES string of the molecule is CC(=O)O[C@H]1[C@H]2OC[C@@H](OC(C)=O)[C@@H](OCc3ccccc3)[C@](COCc3ccccc3)(O2)[C@@H]1OCc1ccccc1. The monoisotopic (exact) mass is 576 g/mol. The van der Waals surface area contributed by atoms with Crippen LogP contribution in [0.4, 0.5) is 0 Å². The van der Waals surface area contributed by atoms with Crippen LogP contribution in [0.3, 0.4) is 0 Å². The molecule has 5 rings (SSSR count). The number of carbonyl (C=O) groups excluding carboxylic acids is 2. The minimum absolute atomic E-state index is 0.0177. The van der Waals surface area contributed by atoms with Gasteiger partial charge < -0.3 is 33.2 Å². The molecule has 9 nitrogen and oxygen atoms in total. The molecule has 0 unspecified atom stereocenters. The van der Waals surface area contributed by atoms with E-state index in [0.717, 1.165) is 16.7 Å². The van der Waals surface area contributed by atoms with Gasteiger partial charge in [0.25, 0.3) is 0 Å². The molecule has 0 aliphatic carbocycles. The molecule has 222 valence electrons. The summed E-state index contributed by atoms with van der Waals surface area (Å²) in [5.41, 5.74) is 1.42. The quantitative estimate of drug-likeness (QED) is 0.291. The second-order valence-electron chi connectivity index (χ2n) is 10.4. The Labute approximate surface area is 245 Å². The molecule has 2 saturated heterocycles. The molecular formula is C33H36O9. The van der Waals surface area contributed by atoms with Crippen LogP contribution in [0.25, 0.3) is 0 Å². The molecule has 0 radical (unpaired) electrons. The Bertz CT molecular complexity index is 1290. The molecular weight excluding hydrogens is 540 g/mol. The highest BCUT2D eigenvalue weighted by Gasteiger charge is 2.66. The van der Waals surface area contributed by atoms with Crippen LogP contribution in [0.1, 0.15) is 30.5 Å². The second-order valence-corrected chi connectivity index (χ2v) is 10.4. The molecule has 2 aliphatic rings. The fraction of sp³-hybridized carbons (Fsp3) is 0.394. The van der Waals surface area contributed by atoms with Gasteiger partial charge in [-0.1, -0.05) is 91.0 Å². The molecule has 0 aromatic heterocycles. The van der Waals surface area contributed by atoms with Gasteiger partial charge in [-0.3, -0.25) is 9.59 Å². The molecule has 0 N–H and O–H groups in total. The normalized spacial score (nSPS) is 26.8. The highest BCUT2D eigenvalue weighted by atomic mass is 16.8. The number of fused-ring (bicyclic) bond motifs is 2. The van der Waals surface area contributed by atoms with Crippen molar-refractivity contribution in [3.63, 3.8) is 0 Å². The Morgan fingerprint density at radius 1 is 0.714 bits per heavy atom. The average Bonchev–Trinajstić information content (AvgIpc) is 3.18. The zero-order valence-electron chi connectivity index (χ0n) is 23.8. The van der Waals surface area contributed by atoms with Crippen molar-refractivity contribution in [3.05, 3.63) is 108 Å². The van der Waals surface area contributed by atoms with Crippen molar-refractivity contribution >= 4 is 11.9 Å². The highest BCUT2D eigenvalue weighted by molar-refractivity contribution is 5.66. The molecule has 9 heteroatoms.